The smallest absolute Gasteiger partial charge is 0.306 e. The molecule has 0 aliphatic carbocycles. The highest BCUT2D eigenvalue weighted by molar-refractivity contribution is 5.69. The summed E-state index contributed by atoms with van der Waals surface area (Å²) < 4.78 is 11.4. The average Bonchev–Trinajstić information content (AvgIpc) is 3.12. The quantitative estimate of drug-likeness (QED) is 0.0499. The van der Waals surface area contributed by atoms with Crippen molar-refractivity contribution in [1.29, 1.82) is 0 Å². The molecule has 0 heterocycles. The standard InChI is InChI=1S/C45H89NO5/c1-4-7-10-13-18-26-33-42-50-44(48)36-29-22-16-17-24-31-38-46(40-41-47)39-32-25-19-23-30-37-45(49)51-43(34-27-20-14-11-8-5-2)35-28-21-15-12-9-6-3/h43,47H,4-42H2,1-3H3. The molecule has 0 bridgehead atoms. The number of ether oxygens (including phenoxy) is 2. The molecular formula is C45H89NO5. The zero-order chi connectivity index (χ0) is 37.3. The van der Waals surface area contributed by atoms with E-state index in [1.54, 1.807) is 0 Å². The lowest BCUT2D eigenvalue weighted by Crippen LogP contribution is -2.29. The van der Waals surface area contributed by atoms with Gasteiger partial charge in [0.25, 0.3) is 0 Å². The second-order valence-corrected chi connectivity index (χ2v) is 15.5. The van der Waals surface area contributed by atoms with E-state index < -0.39 is 0 Å². The zero-order valence-corrected chi connectivity index (χ0v) is 34.7. The van der Waals surface area contributed by atoms with Gasteiger partial charge in [0.1, 0.15) is 6.10 Å². The van der Waals surface area contributed by atoms with Crippen molar-refractivity contribution < 1.29 is 24.2 Å². The Bertz CT molecular complexity index is 701. The number of hydrogen-bond donors (Lipinski definition) is 1. The van der Waals surface area contributed by atoms with E-state index in [2.05, 4.69) is 25.7 Å². The van der Waals surface area contributed by atoms with E-state index in [1.807, 2.05) is 0 Å². The van der Waals surface area contributed by atoms with E-state index in [0.29, 0.717) is 19.4 Å². The molecular weight excluding hydrogens is 634 g/mol. The average molecular weight is 724 g/mol. The predicted molar refractivity (Wildman–Crippen MR) is 218 cm³/mol. The zero-order valence-electron chi connectivity index (χ0n) is 34.7. The maximum Gasteiger partial charge on any atom is 0.306 e. The second kappa shape index (κ2) is 41.6. The Balaban J connectivity index is 3.92. The van der Waals surface area contributed by atoms with E-state index in [-0.39, 0.29) is 24.6 Å². The molecule has 51 heavy (non-hydrogen) atoms. The third kappa shape index (κ3) is 38.4. The summed E-state index contributed by atoms with van der Waals surface area (Å²) in [4.78, 5) is 27.1. The molecule has 1 N–H and O–H groups in total. The normalized spacial score (nSPS) is 11.6. The van der Waals surface area contributed by atoms with Crippen LogP contribution in [0.15, 0.2) is 0 Å². The lowest BCUT2D eigenvalue weighted by Gasteiger charge is -2.21. The number of carbonyl (C=O) groups is 2. The number of esters is 2. The van der Waals surface area contributed by atoms with Gasteiger partial charge in [0.15, 0.2) is 0 Å². The van der Waals surface area contributed by atoms with Crippen LogP contribution >= 0.6 is 0 Å². The third-order valence-corrected chi connectivity index (χ3v) is 10.4. The molecule has 0 spiro atoms. The van der Waals surface area contributed by atoms with Crippen LogP contribution in [0.2, 0.25) is 0 Å². The van der Waals surface area contributed by atoms with E-state index in [1.165, 1.54) is 148 Å². The summed E-state index contributed by atoms with van der Waals surface area (Å²) in [6.07, 6.45) is 39.7. The highest BCUT2D eigenvalue weighted by Crippen LogP contribution is 2.18. The number of nitrogens with zero attached hydrogens (tertiary/aromatic N) is 1. The molecule has 0 aliphatic rings. The molecule has 0 atom stereocenters. The number of carbonyl (C=O) groups excluding carboxylic acids is 2. The van der Waals surface area contributed by atoms with E-state index in [9.17, 15) is 14.7 Å². The van der Waals surface area contributed by atoms with Gasteiger partial charge >= 0.3 is 11.9 Å². The van der Waals surface area contributed by atoms with Crippen LogP contribution in [0.25, 0.3) is 0 Å². The third-order valence-electron chi connectivity index (χ3n) is 10.4. The highest BCUT2D eigenvalue weighted by Gasteiger charge is 2.14. The SMILES string of the molecule is CCCCCCCCCOC(=O)CCCCCCCCN(CCO)CCCCCCCC(=O)OC(CCCCCCCC)CCCCCCCC. The molecule has 6 nitrogen and oxygen atoms in total. The first-order chi connectivity index (χ1) is 25.1. The van der Waals surface area contributed by atoms with E-state index in [0.717, 1.165) is 77.4 Å². The van der Waals surface area contributed by atoms with Crippen LogP contribution in [0.1, 0.15) is 239 Å². The maximum absolute atomic E-state index is 12.7. The number of aliphatic hydroxyl groups excluding tert-OH is 1. The molecule has 0 unspecified atom stereocenters. The first-order valence-corrected chi connectivity index (χ1v) is 22.8. The fraction of sp³-hybridized carbons (Fsp3) is 0.956. The molecule has 0 radical (unpaired) electrons. The van der Waals surface area contributed by atoms with Crippen molar-refractivity contribution in [3.63, 3.8) is 0 Å². The first kappa shape index (κ1) is 49.9. The number of hydrogen-bond acceptors (Lipinski definition) is 6. The first-order valence-electron chi connectivity index (χ1n) is 22.8. The molecule has 0 rings (SSSR count). The molecule has 0 aromatic rings. The van der Waals surface area contributed by atoms with Gasteiger partial charge in [0.05, 0.1) is 13.2 Å². The number of unbranched alkanes of at least 4 members (excludes halogenated alkanes) is 25. The van der Waals surface area contributed by atoms with Crippen molar-refractivity contribution in [3.05, 3.63) is 0 Å². The predicted octanol–water partition coefficient (Wildman–Crippen LogP) is 13.1. The Kier molecular flexibility index (Phi) is 40.7. The Morgan fingerprint density at radius 3 is 1.27 bits per heavy atom. The summed E-state index contributed by atoms with van der Waals surface area (Å²) >= 11 is 0. The number of aliphatic hydroxyl groups is 1. The van der Waals surface area contributed by atoms with Gasteiger partial charge in [-0.2, -0.15) is 0 Å². The molecule has 0 aromatic heterocycles. The summed E-state index contributed by atoms with van der Waals surface area (Å²) in [6.45, 7) is 10.4. The van der Waals surface area contributed by atoms with Crippen LogP contribution in [0.3, 0.4) is 0 Å². The van der Waals surface area contributed by atoms with Crippen molar-refractivity contribution in [1.82, 2.24) is 4.90 Å². The summed E-state index contributed by atoms with van der Waals surface area (Å²) in [5.74, 6) is -0.00730. The van der Waals surface area contributed by atoms with Gasteiger partial charge in [-0.05, 0) is 70.9 Å². The Morgan fingerprint density at radius 2 is 0.824 bits per heavy atom. The highest BCUT2D eigenvalue weighted by atomic mass is 16.5. The summed E-state index contributed by atoms with van der Waals surface area (Å²) in [7, 11) is 0. The minimum Gasteiger partial charge on any atom is -0.466 e. The van der Waals surface area contributed by atoms with Crippen molar-refractivity contribution in [2.75, 3.05) is 32.8 Å². The molecule has 0 fully saturated rings. The maximum atomic E-state index is 12.7. The topological polar surface area (TPSA) is 76.1 Å². The summed E-state index contributed by atoms with van der Waals surface area (Å²) in [6, 6.07) is 0. The van der Waals surface area contributed by atoms with Gasteiger partial charge in [-0.3, -0.25) is 9.59 Å². The van der Waals surface area contributed by atoms with Gasteiger partial charge in [0.2, 0.25) is 0 Å². The molecule has 0 aromatic carbocycles. The molecule has 0 saturated heterocycles. The van der Waals surface area contributed by atoms with Gasteiger partial charge in [-0.1, -0.05) is 168 Å². The van der Waals surface area contributed by atoms with Crippen LogP contribution in [0.5, 0.6) is 0 Å². The molecule has 0 aliphatic heterocycles. The molecule has 6 heteroatoms. The van der Waals surface area contributed by atoms with Crippen LogP contribution in [-0.4, -0.2) is 60.9 Å². The molecule has 304 valence electrons. The molecule has 0 amide bonds. The minimum absolute atomic E-state index is 0.0164. The van der Waals surface area contributed by atoms with Gasteiger partial charge in [0, 0.05) is 19.4 Å². The van der Waals surface area contributed by atoms with E-state index in [4.69, 9.17) is 9.47 Å². The Hall–Kier alpha value is -1.14. The van der Waals surface area contributed by atoms with Gasteiger partial charge in [-0.25, -0.2) is 0 Å². The van der Waals surface area contributed by atoms with Gasteiger partial charge < -0.3 is 19.5 Å². The van der Waals surface area contributed by atoms with Crippen LogP contribution < -0.4 is 0 Å². The van der Waals surface area contributed by atoms with Crippen molar-refractivity contribution in [2.24, 2.45) is 0 Å². The monoisotopic (exact) mass is 724 g/mol. The Morgan fingerprint density at radius 1 is 0.451 bits per heavy atom. The largest absolute Gasteiger partial charge is 0.466 e. The summed E-state index contributed by atoms with van der Waals surface area (Å²) in [5.41, 5.74) is 0. The van der Waals surface area contributed by atoms with Crippen molar-refractivity contribution in [2.45, 2.75) is 245 Å². The fourth-order valence-electron chi connectivity index (χ4n) is 7.05. The van der Waals surface area contributed by atoms with E-state index >= 15 is 0 Å². The van der Waals surface area contributed by atoms with Crippen LogP contribution in [0, 0.1) is 0 Å². The molecule has 0 saturated carbocycles. The lowest BCUT2D eigenvalue weighted by molar-refractivity contribution is -0.150. The van der Waals surface area contributed by atoms with Crippen molar-refractivity contribution >= 4 is 11.9 Å². The van der Waals surface area contributed by atoms with Crippen molar-refractivity contribution in [3.8, 4) is 0 Å². The Labute approximate surface area is 318 Å². The number of rotatable bonds is 42. The summed E-state index contributed by atoms with van der Waals surface area (Å²) in [5, 5.41) is 9.55. The fourth-order valence-corrected chi connectivity index (χ4v) is 7.05. The second-order valence-electron chi connectivity index (χ2n) is 15.5. The van der Waals surface area contributed by atoms with Gasteiger partial charge in [-0.15, -0.1) is 0 Å². The minimum atomic E-state index is -0.0237. The lowest BCUT2D eigenvalue weighted by atomic mass is 10.0. The van der Waals surface area contributed by atoms with Crippen LogP contribution in [-0.2, 0) is 19.1 Å². The van der Waals surface area contributed by atoms with Crippen LogP contribution in [0.4, 0.5) is 0 Å².